The fraction of sp³-hybridized carbons (Fsp3) is 0.857. The van der Waals surface area contributed by atoms with Crippen LogP contribution >= 0.6 is 11.8 Å². The van der Waals surface area contributed by atoms with Crippen LogP contribution in [0.4, 0.5) is 0 Å². The predicted octanol–water partition coefficient (Wildman–Crippen LogP) is 1.60. The molecular formula is C14H30N4OS. The summed E-state index contributed by atoms with van der Waals surface area (Å²) in [6.07, 6.45) is 5.90. The highest BCUT2D eigenvalue weighted by Crippen LogP contribution is 1.97. The Morgan fingerprint density at radius 2 is 1.95 bits per heavy atom. The van der Waals surface area contributed by atoms with Crippen molar-refractivity contribution >= 4 is 23.6 Å². The highest BCUT2D eigenvalue weighted by atomic mass is 32.2. The minimum atomic E-state index is 0.0854. The molecule has 0 aliphatic heterocycles. The average molecular weight is 302 g/mol. The third kappa shape index (κ3) is 11.0. The standard InChI is InChI=1S/C14H30N4OS/c1-5-12(2)18-13(19)8-10-17-14(15-3)16-9-6-7-11-20-4/h12H,5-11H2,1-4H3,(H,18,19)(H2,15,16,17). The van der Waals surface area contributed by atoms with Crippen molar-refractivity contribution in [3.8, 4) is 0 Å². The minimum absolute atomic E-state index is 0.0854. The smallest absolute Gasteiger partial charge is 0.221 e. The van der Waals surface area contributed by atoms with E-state index in [1.807, 2.05) is 18.7 Å². The summed E-state index contributed by atoms with van der Waals surface area (Å²) < 4.78 is 0. The van der Waals surface area contributed by atoms with E-state index in [9.17, 15) is 4.79 Å². The maximum atomic E-state index is 11.6. The van der Waals surface area contributed by atoms with E-state index >= 15 is 0 Å². The number of carbonyl (C=O) groups is 1. The molecule has 5 nitrogen and oxygen atoms in total. The highest BCUT2D eigenvalue weighted by molar-refractivity contribution is 7.98. The van der Waals surface area contributed by atoms with Crippen molar-refractivity contribution in [2.75, 3.05) is 32.1 Å². The normalized spacial score (nSPS) is 12.9. The van der Waals surface area contributed by atoms with Crippen LogP contribution in [-0.2, 0) is 4.79 Å². The maximum Gasteiger partial charge on any atom is 0.221 e. The first-order valence-electron chi connectivity index (χ1n) is 7.36. The summed E-state index contributed by atoms with van der Waals surface area (Å²) >= 11 is 1.87. The number of carbonyl (C=O) groups excluding carboxylic acids is 1. The molecule has 1 amide bonds. The second kappa shape index (κ2) is 13.1. The van der Waals surface area contributed by atoms with E-state index in [1.54, 1.807) is 7.05 Å². The Morgan fingerprint density at radius 3 is 2.55 bits per heavy atom. The fourth-order valence-electron chi connectivity index (χ4n) is 1.54. The first-order valence-corrected chi connectivity index (χ1v) is 8.76. The van der Waals surface area contributed by atoms with Crippen molar-refractivity contribution in [3.63, 3.8) is 0 Å². The monoisotopic (exact) mass is 302 g/mol. The molecule has 6 heteroatoms. The first-order chi connectivity index (χ1) is 9.63. The molecule has 0 aromatic heterocycles. The summed E-state index contributed by atoms with van der Waals surface area (Å²) in [5.41, 5.74) is 0. The minimum Gasteiger partial charge on any atom is -0.356 e. The van der Waals surface area contributed by atoms with Crippen LogP contribution in [0.15, 0.2) is 4.99 Å². The molecule has 0 fully saturated rings. The van der Waals surface area contributed by atoms with Crippen molar-refractivity contribution < 1.29 is 4.79 Å². The molecule has 0 bridgehead atoms. The van der Waals surface area contributed by atoms with Gasteiger partial charge in [-0.3, -0.25) is 9.79 Å². The fourth-order valence-corrected chi connectivity index (χ4v) is 2.04. The van der Waals surface area contributed by atoms with Gasteiger partial charge in [-0.05, 0) is 38.2 Å². The summed E-state index contributed by atoms with van der Waals surface area (Å²) in [6.45, 7) is 5.60. The topological polar surface area (TPSA) is 65.5 Å². The van der Waals surface area contributed by atoms with Crippen LogP contribution in [-0.4, -0.2) is 50.1 Å². The molecule has 1 atom stereocenters. The average Bonchev–Trinajstić information content (AvgIpc) is 2.44. The summed E-state index contributed by atoms with van der Waals surface area (Å²) in [5, 5.41) is 9.35. The van der Waals surface area contributed by atoms with Gasteiger partial charge in [0, 0.05) is 32.6 Å². The van der Waals surface area contributed by atoms with Crippen molar-refractivity contribution in [3.05, 3.63) is 0 Å². The molecular weight excluding hydrogens is 272 g/mol. The lowest BCUT2D eigenvalue weighted by Gasteiger charge is -2.13. The zero-order valence-corrected chi connectivity index (χ0v) is 14.1. The molecule has 0 saturated heterocycles. The number of hydrogen-bond donors (Lipinski definition) is 3. The number of nitrogens with one attached hydrogen (secondary N) is 3. The number of rotatable bonds is 10. The van der Waals surface area contributed by atoms with Gasteiger partial charge in [-0.1, -0.05) is 6.92 Å². The van der Waals surface area contributed by atoms with E-state index in [0.717, 1.165) is 25.3 Å². The van der Waals surface area contributed by atoms with Crippen LogP contribution in [0.3, 0.4) is 0 Å². The largest absolute Gasteiger partial charge is 0.356 e. The number of guanidine groups is 1. The molecule has 0 aliphatic rings. The van der Waals surface area contributed by atoms with Gasteiger partial charge in [-0.15, -0.1) is 0 Å². The van der Waals surface area contributed by atoms with Crippen LogP contribution in [0.2, 0.25) is 0 Å². The zero-order valence-electron chi connectivity index (χ0n) is 13.3. The summed E-state index contributed by atoms with van der Waals surface area (Å²) in [7, 11) is 1.75. The zero-order chi connectivity index (χ0) is 15.2. The number of thioether (sulfide) groups is 1. The van der Waals surface area contributed by atoms with Gasteiger partial charge >= 0.3 is 0 Å². The molecule has 118 valence electrons. The number of nitrogens with zero attached hydrogens (tertiary/aromatic N) is 1. The van der Waals surface area contributed by atoms with E-state index < -0.39 is 0 Å². The molecule has 3 N–H and O–H groups in total. The molecule has 0 aromatic carbocycles. The van der Waals surface area contributed by atoms with Gasteiger partial charge < -0.3 is 16.0 Å². The highest BCUT2D eigenvalue weighted by Gasteiger charge is 2.05. The molecule has 0 radical (unpaired) electrons. The summed E-state index contributed by atoms with van der Waals surface area (Å²) in [6, 6.07) is 0.247. The Labute approximate surface area is 127 Å². The summed E-state index contributed by atoms with van der Waals surface area (Å²) in [5.74, 6) is 2.05. The SMILES string of the molecule is CCC(C)NC(=O)CCNC(=NC)NCCCCSC. The number of aliphatic imine (C=N–C) groups is 1. The van der Waals surface area contributed by atoms with Gasteiger partial charge in [0.2, 0.25) is 5.91 Å². The van der Waals surface area contributed by atoms with Crippen LogP contribution in [0.25, 0.3) is 0 Å². The van der Waals surface area contributed by atoms with Gasteiger partial charge in [0.05, 0.1) is 0 Å². The Kier molecular flexibility index (Phi) is 12.5. The predicted molar refractivity (Wildman–Crippen MR) is 89.5 cm³/mol. The number of amides is 1. The second-order valence-electron chi connectivity index (χ2n) is 4.75. The van der Waals surface area contributed by atoms with Crippen LogP contribution < -0.4 is 16.0 Å². The molecule has 0 saturated carbocycles. The van der Waals surface area contributed by atoms with Crippen molar-refractivity contribution in [2.45, 2.75) is 45.6 Å². The first kappa shape index (κ1) is 19.1. The van der Waals surface area contributed by atoms with Gasteiger partial charge in [0.15, 0.2) is 5.96 Å². The quantitative estimate of drug-likeness (QED) is 0.326. The second-order valence-corrected chi connectivity index (χ2v) is 5.74. The van der Waals surface area contributed by atoms with E-state index in [1.165, 1.54) is 12.2 Å². The molecule has 1 unspecified atom stereocenters. The van der Waals surface area contributed by atoms with E-state index in [0.29, 0.717) is 13.0 Å². The lowest BCUT2D eigenvalue weighted by Crippen LogP contribution is -2.40. The van der Waals surface area contributed by atoms with Gasteiger partial charge in [0.1, 0.15) is 0 Å². The molecule has 0 aliphatic carbocycles. The maximum absolute atomic E-state index is 11.6. The lowest BCUT2D eigenvalue weighted by atomic mass is 10.2. The third-order valence-corrected chi connectivity index (χ3v) is 3.65. The van der Waals surface area contributed by atoms with E-state index in [-0.39, 0.29) is 11.9 Å². The van der Waals surface area contributed by atoms with Gasteiger partial charge in [0.25, 0.3) is 0 Å². The van der Waals surface area contributed by atoms with Crippen LogP contribution in [0, 0.1) is 0 Å². The van der Waals surface area contributed by atoms with Gasteiger partial charge in [-0.25, -0.2) is 0 Å². The number of unbranched alkanes of at least 4 members (excludes halogenated alkanes) is 1. The Balaban J connectivity index is 3.67. The molecule has 20 heavy (non-hydrogen) atoms. The van der Waals surface area contributed by atoms with Crippen LogP contribution in [0.5, 0.6) is 0 Å². The molecule has 0 spiro atoms. The summed E-state index contributed by atoms with van der Waals surface area (Å²) in [4.78, 5) is 15.7. The van der Waals surface area contributed by atoms with E-state index in [2.05, 4.69) is 34.1 Å². The van der Waals surface area contributed by atoms with Crippen molar-refractivity contribution in [1.82, 2.24) is 16.0 Å². The molecule has 0 heterocycles. The number of hydrogen-bond acceptors (Lipinski definition) is 3. The van der Waals surface area contributed by atoms with Gasteiger partial charge in [-0.2, -0.15) is 11.8 Å². The molecule has 0 aromatic rings. The van der Waals surface area contributed by atoms with Crippen LogP contribution in [0.1, 0.15) is 39.5 Å². The Hall–Kier alpha value is -0.910. The van der Waals surface area contributed by atoms with Crippen molar-refractivity contribution in [2.24, 2.45) is 4.99 Å². The van der Waals surface area contributed by atoms with E-state index in [4.69, 9.17) is 0 Å². The van der Waals surface area contributed by atoms with Crippen molar-refractivity contribution in [1.29, 1.82) is 0 Å². The Bertz CT molecular complexity index is 284. The third-order valence-electron chi connectivity index (χ3n) is 2.96. The lowest BCUT2D eigenvalue weighted by molar-refractivity contribution is -0.121. The Morgan fingerprint density at radius 1 is 1.25 bits per heavy atom. The molecule has 0 rings (SSSR count).